The zero-order valence-corrected chi connectivity index (χ0v) is 22.5. The summed E-state index contributed by atoms with van der Waals surface area (Å²) in [6, 6.07) is 7.96. The number of unbranched alkanes of at least 4 members (excludes halogenated alkanes) is 13. The molecule has 1 aromatic carbocycles. The second kappa shape index (κ2) is 19.2. The number of halogens is 1. The van der Waals surface area contributed by atoms with Gasteiger partial charge in [-0.2, -0.15) is 0 Å². The lowest BCUT2D eigenvalue weighted by molar-refractivity contribution is 0.302. The van der Waals surface area contributed by atoms with Crippen molar-refractivity contribution in [2.45, 2.75) is 129 Å². The standard InChI is InChI=1S/C31H49FN2O/c1-3-5-7-9-11-13-15-17-23-35-30-21-19-28(20-22-30)31-33-25-27(26-34-31)24-29(32)18-16-14-12-10-8-6-4-2/h19-22,25-26,29H,3-18,23-24H2,1-2H3. The smallest absolute Gasteiger partial charge is 0.159 e. The number of nitrogens with zero attached hydrogens (tertiary/aromatic N) is 2. The Morgan fingerprint density at radius 1 is 0.686 bits per heavy atom. The van der Waals surface area contributed by atoms with E-state index in [0.717, 1.165) is 42.7 Å². The first-order valence-electron chi connectivity index (χ1n) is 14.4. The van der Waals surface area contributed by atoms with Crippen molar-refractivity contribution in [1.82, 2.24) is 9.97 Å². The van der Waals surface area contributed by atoms with Crippen LogP contribution in [0.5, 0.6) is 5.75 Å². The molecule has 2 aromatic rings. The third-order valence-corrected chi connectivity index (χ3v) is 6.66. The summed E-state index contributed by atoms with van der Waals surface area (Å²) in [5, 5.41) is 0. The SMILES string of the molecule is CCCCCCCCCCOc1ccc(-c2ncc(CC(F)CCCCCCCCC)cn2)cc1. The summed E-state index contributed by atoms with van der Waals surface area (Å²) in [7, 11) is 0. The van der Waals surface area contributed by atoms with Gasteiger partial charge in [0, 0.05) is 24.4 Å². The van der Waals surface area contributed by atoms with E-state index in [9.17, 15) is 4.39 Å². The molecule has 35 heavy (non-hydrogen) atoms. The molecule has 3 nitrogen and oxygen atoms in total. The van der Waals surface area contributed by atoms with Gasteiger partial charge < -0.3 is 4.74 Å². The highest BCUT2D eigenvalue weighted by Gasteiger charge is 2.09. The van der Waals surface area contributed by atoms with Gasteiger partial charge in [-0.1, -0.05) is 104 Å². The Morgan fingerprint density at radius 3 is 1.77 bits per heavy atom. The quantitative estimate of drug-likeness (QED) is 0.165. The van der Waals surface area contributed by atoms with Crippen molar-refractivity contribution in [2.24, 2.45) is 0 Å². The maximum absolute atomic E-state index is 14.4. The fourth-order valence-corrected chi connectivity index (χ4v) is 4.42. The third-order valence-electron chi connectivity index (χ3n) is 6.66. The van der Waals surface area contributed by atoms with Crippen molar-refractivity contribution in [1.29, 1.82) is 0 Å². The largest absolute Gasteiger partial charge is 0.494 e. The Morgan fingerprint density at radius 2 is 1.20 bits per heavy atom. The molecule has 4 heteroatoms. The molecule has 0 saturated carbocycles. The maximum atomic E-state index is 14.4. The fourth-order valence-electron chi connectivity index (χ4n) is 4.42. The monoisotopic (exact) mass is 484 g/mol. The lowest BCUT2D eigenvalue weighted by Gasteiger charge is -2.09. The number of rotatable bonds is 21. The summed E-state index contributed by atoms with van der Waals surface area (Å²) in [5.74, 6) is 1.56. The van der Waals surface area contributed by atoms with Crippen molar-refractivity contribution >= 4 is 0 Å². The van der Waals surface area contributed by atoms with Crippen LogP contribution in [0, 0.1) is 0 Å². The topological polar surface area (TPSA) is 35.0 Å². The summed E-state index contributed by atoms with van der Waals surface area (Å²) in [4.78, 5) is 8.95. The van der Waals surface area contributed by atoms with Crippen molar-refractivity contribution < 1.29 is 9.13 Å². The van der Waals surface area contributed by atoms with Crippen LogP contribution in [0.1, 0.15) is 122 Å². The number of benzene rings is 1. The molecule has 0 radical (unpaired) electrons. The molecule has 0 bridgehead atoms. The van der Waals surface area contributed by atoms with Crippen LogP contribution in [-0.4, -0.2) is 22.7 Å². The zero-order chi connectivity index (χ0) is 25.0. The average Bonchev–Trinajstić information content (AvgIpc) is 2.88. The number of hydrogen-bond donors (Lipinski definition) is 0. The molecule has 0 N–H and O–H groups in total. The molecular weight excluding hydrogens is 435 g/mol. The maximum Gasteiger partial charge on any atom is 0.159 e. The van der Waals surface area contributed by atoms with Crippen molar-refractivity contribution in [3.8, 4) is 17.1 Å². The van der Waals surface area contributed by atoms with Crippen LogP contribution >= 0.6 is 0 Å². The second-order valence-electron chi connectivity index (χ2n) is 9.97. The minimum absolute atomic E-state index is 0.404. The van der Waals surface area contributed by atoms with E-state index >= 15 is 0 Å². The van der Waals surface area contributed by atoms with Crippen molar-refractivity contribution in [2.75, 3.05) is 6.61 Å². The molecule has 0 spiro atoms. The van der Waals surface area contributed by atoms with Crippen LogP contribution in [-0.2, 0) is 6.42 Å². The molecule has 0 amide bonds. The summed E-state index contributed by atoms with van der Waals surface area (Å²) in [5.41, 5.74) is 1.82. The predicted molar refractivity (Wildman–Crippen MR) is 147 cm³/mol. The Bertz CT molecular complexity index is 748. The summed E-state index contributed by atoms with van der Waals surface area (Å²) in [6.45, 7) is 5.26. The molecule has 1 aromatic heterocycles. The first-order valence-corrected chi connectivity index (χ1v) is 14.4. The molecular formula is C31H49FN2O. The van der Waals surface area contributed by atoms with E-state index in [4.69, 9.17) is 4.74 Å². The van der Waals surface area contributed by atoms with Crippen LogP contribution in [0.25, 0.3) is 11.4 Å². The van der Waals surface area contributed by atoms with Gasteiger partial charge >= 0.3 is 0 Å². The first kappa shape index (κ1) is 29.3. The van der Waals surface area contributed by atoms with E-state index in [1.165, 1.54) is 77.0 Å². The molecule has 0 fully saturated rings. The van der Waals surface area contributed by atoms with Gasteiger partial charge in [-0.15, -0.1) is 0 Å². The molecule has 0 aliphatic rings. The van der Waals surface area contributed by atoms with Gasteiger partial charge in [0.25, 0.3) is 0 Å². The first-order chi connectivity index (χ1) is 17.2. The van der Waals surface area contributed by atoms with Gasteiger partial charge in [-0.25, -0.2) is 14.4 Å². The van der Waals surface area contributed by atoms with Gasteiger partial charge in [-0.3, -0.25) is 0 Å². The Balaban J connectivity index is 1.62. The van der Waals surface area contributed by atoms with Crippen molar-refractivity contribution in [3.63, 3.8) is 0 Å². The lowest BCUT2D eigenvalue weighted by atomic mass is 10.0. The molecule has 0 saturated heterocycles. The van der Waals surface area contributed by atoms with E-state index in [1.807, 2.05) is 24.3 Å². The molecule has 1 unspecified atom stereocenters. The van der Waals surface area contributed by atoms with Crippen LogP contribution < -0.4 is 4.74 Å². The van der Waals surface area contributed by atoms with Crippen LogP contribution in [0.3, 0.4) is 0 Å². The van der Waals surface area contributed by atoms with Gasteiger partial charge in [0.1, 0.15) is 11.9 Å². The summed E-state index contributed by atoms with van der Waals surface area (Å²) in [6.07, 6.45) is 22.7. The van der Waals surface area contributed by atoms with Crippen LogP contribution in [0.2, 0.25) is 0 Å². The van der Waals surface area contributed by atoms with Gasteiger partial charge in [0.05, 0.1) is 6.61 Å². The molecule has 1 heterocycles. The van der Waals surface area contributed by atoms with Gasteiger partial charge in [0.15, 0.2) is 5.82 Å². The highest BCUT2D eigenvalue weighted by Crippen LogP contribution is 2.21. The van der Waals surface area contributed by atoms with E-state index in [2.05, 4.69) is 23.8 Å². The van der Waals surface area contributed by atoms with Crippen molar-refractivity contribution in [3.05, 3.63) is 42.2 Å². The van der Waals surface area contributed by atoms with E-state index in [1.54, 1.807) is 12.4 Å². The Hall–Kier alpha value is -1.97. The molecule has 1 atom stereocenters. The normalized spacial score (nSPS) is 12.1. The Kier molecular flexibility index (Phi) is 16.1. The minimum atomic E-state index is -0.808. The molecule has 0 aliphatic heterocycles. The third kappa shape index (κ3) is 13.6. The minimum Gasteiger partial charge on any atom is -0.494 e. The number of ether oxygens (including phenoxy) is 1. The zero-order valence-electron chi connectivity index (χ0n) is 22.5. The lowest BCUT2D eigenvalue weighted by Crippen LogP contribution is -2.06. The van der Waals surface area contributed by atoms with E-state index < -0.39 is 6.17 Å². The number of alkyl halides is 1. The summed E-state index contributed by atoms with van der Waals surface area (Å²) < 4.78 is 20.2. The van der Waals surface area contributed by atoms with Gasteiger partial charge in [-0.05, 0) is 42.7 Å². The Labute approximate surface area is 214 Å². The highest BCUT2D eigenvalue weighted by atomic mass is 19.1. The van der Waals surface area contributed by atoms with Crippen LogP contribution in [0.4, 0.5) is 4.39 Å². The highest BCUT2D eigenvalue weighted by molar-refractivity contribution is 5.55. The van der Waals surface area contributed by atoms with Crippen LogP contribution in [0.15, 0.2) is 36.7 Å². The fraction of sp³-hybridized carbons (Fsp3) is 0.677. The second-order valence-corrected chi connectivity index (χ2v) is 9.97. The van der Waals surface area contributed by atoms with Gasteiger partial charge in [0.2, 0.25) is 0 Å². The predicted octanol–water partition coefficient (Wildman–Crippen LogP) is 9.68. The summed E-state index contributed by atoms with van der Waals surface area (Å²) >= 11 is 0. The molecule has 0 aliphatic carbocycles. The molecule has 196 valence electrons. The average molecular weight is 485 g/mol. The number of aromatic nitrogens is 2. The van der Waals surface area contributed by atoms with E-state index in [0.29, 0.717) is 18.7 Å². The number of hydrogen-bond acceptors (Lipinski definition) is 3. The molecule has 2 rings (SSSR count). The van der Waals surface area contributed by atoms with E-state index in [-0.39, 0.29) is 0 Å².